The molecule has 1 unspecified atom stereocenters. The van der Waals surface area contributed by atoms with Crippen LogP contribution in [0.1, 0.15) is 43.5 Å². The number of methoxy groups -OCH3 is 1. The second kappa shape index (κ2) is 10.5. The minimum atomic E-state index is -0.151. The van der Waals surface area contributed by atoms with Crippen LogP contribution in [0.3, 0.4) is 0 Å². The van der Waals surface area contributed by atoms with Crippen molar-refractivity contribution < 1.29 is 18.7 Å². The number of carbonyl (C=O) groups excluding carboxylic acids is 1. The van der Waals surface area contributed by atoms with Gasteiger partial charge < -0.3 is 19.2 Å². The summed E-state index contributed by atoms with van der Waals surface area (Å²) in [6, 6.07) is 19.7. The summed E-state index contributed by atoms with van der Waals surface area (Å²) in [5.74, 6) is 1.38. The number of allylic oxidation sites excluding steroid dienone is 1. The Morgan fingerprint density at radius 3 is 2.49 bits per heavy atom. The molecule has 3 aromatic carbocycles. The molecule has 0 radical (unpaired) electrons. The van der Waals surface area contributed by atoms with Crippen molar-refractivity contribution in [2.75, 3.05) is 13.7 Å². The van der Waals surface area contributed by atoms with Crippen molar-refractivity contribution in [3.05, 3.63) is 89.7 Å². The number of amides is 1. The van der Waals surface area contributed by atoms with Gasteiger partial charge in [0, 0.05) is 28.2 Å². The zero-order chi connectivity index (χ0) is 24.9. The standard InChI is InChI=1S/C30H31NO4/c1-6-34-29-20(3)30-26(27(18-35-30)23-12-14-24(33-5)15-13-23)17-25(29)19(2)16-28(32)31-21(4)22-10-8-7-9-11-22/h7-18,21H,6H2,1-5H3,(H,31,32)/b19-16+. The molecule has 0 saturated heterocycles. The number of benzene rings is 3. The van der Waals surface area contributed by atoms with Crippen LogP contribution in [0, 0.1) is 6.92 Å². The number of nitrogens with one attached hydrogen (secondary N) is 1. The van der Waals surface area contributed by atoms with Gasteiger partial charge in [0.15, 0.2) is 0 Å². The molecule has 1 aromatic heterocycles. The maximum absolute atomic E-state index is 12.9. The molecule has 1 N–H and O–H groups in total. The van der Waals surface area contributed by atoms with E-state index in [0.29, 0.717) is 6.61 Å². The summed E-state index contributed by atoms with van der Waals surface area (Å²) in [7, 11) is 1.65. The molecular weight excluding hydrogens is 438 g/mol. The summed E-state index contributed by atoms with van der Waals surface area (Å²) < 4.78 is 17.3. The first kappa shape index (κ1) is 24.1. The Kier molecular flexibility index (Phi) is 7.25. The fourth-order valence-electron chi connectivity index (χ4n) is 4.29. The number of furan rings is 1. The van der Waals surface area contributed by atoms with Gasteiger partial charge in [-0.15, -0.1) is 0 Å². The molecule has 0 saturated carbocycles. The van der Waals surface area contributed by atoms with Gasteiger partial charge in [-0.05, 0) is 62.6 Å². The Morgan fingerprint density at radius 1 is 1.11 bits per heavy atom. The van der Waals surface area contributed by atoms with Gasteiger partial charge in [0.1, 0.15) is 17.1 Å². The van der Waals surface area contributed by atoms with Gasteiger partial charge in [0.2, 0.25) is 5.91 Å². The number of hydrogen-bond acceptors (Lipinski definition) is 4. The van der Waals surface area contributed by atoms with E-state index in [1.165, 1.54) is 0 Å². The molecule has 1 atom stereocenters. The summed E-state index contributed by atoms with van der Waals surface area (Å²) in [6.45, 7) is 8.36. The number of rotatable bonds is 8. The van der Waals surface area contributed by atoms with E-state index in [4.69, 9.17) is 13.9 Å². The van der Waals surface area contributed by atoms with Gasteiger partial charge in [0.25, 0.3) is 0 Å². The predicted octanol–water partition coefficient (Wildman–Crippen LogP) is 7.10. The summed E-state index contributed by atoms with van der Waals surface area (Å²) in [4.78, 5) is 12.9. The largest absolute Gasteiger partial charge is 0.497 e. The van der Waals surface area contributed by atoms with Crippen LogP contribution >= 0.6 is 0 Å². The Balaban J connectivity index is 1.72. The lowest BCUT2D eigenvalue weighted by Gasteiger charge is -2.16. The minimum Gasteiger partial charge on any atom is -0.497 e. The fourth-order valence-corrected chi connectivity index (χ4v) is 4.29. The smallest absolute Gasteiger partial charge is 0.244 e. The van der Waals surface area contributed by atoms with E-state index in [1.807, 2.05) is 82.3 Å². The molecule has 5 nitrogen and oxygen atoms in total. The van der Waals surface area contributed by atoms with Gasteiger partial charge in [-0.1, -0.05) is 42.5 Å². The number of aryl methyl sites for hydroxylation is 1. The summed E-state index contributed by atoms with van der Waals surface area (Å²) >= 11 is 0. The van der Waals surface area contributed by atoms with Crippen molar-refractivity contribution in [2.24, 2.45) is 0 Å². The van der Waals surface area contributed by atoms with Crippen LogP contribution in [-0.2, 0) is 4.79 Å². The molecule has 4 aromatic rings. The van der Waals surface area contributed by atoms with Crippen LogP contribution in [0.15, 0.2) is 77.4 Å². The van der Waals surface area contributed by atoms with E-state index in [2.05, 4.69) is 11.4 Å². The third kappa shape index (κ3) is 5.09. The van der Waals surface area contributed by atoms with E-state index in [-0.39, 0.29) is 11.9 Å². The van der Waals surface area contributed by atoms with Gasteiger partial charge >= 0.3 is 0 Å². The van der Waals surface area contributed by atoms with Crippen LogP contribution in [0.5, 0.6) is 11.5 Å². The molecule has 0 aliphatic rings. The highest BCUT2D eigenvalue weighted by Crippen LogP contribution is 2.41. The van der Waals surface area contributed by atoms with Crippen LogP contribution < -0.4 is 14.8 Å². The first-order valence-corrected chi connectivity index (χ1v) is 11.8. The van der Waals surface area contributed by atoms with E-state index in [9.17, 15) is 4.79 Å². The summed E-state index contributed by atoms with van der Waals surface area (Å²) in [6.07, 6.45) is 3.40. The molecule has 35 heavy (non-hydrogen) atoms. The molecule has 4 rings (SSSR count). The SMILES string of the molecule is CCOc1c(/C(C)=C/C(=O)NC(C)c2ccccc2)cc2c(-c3ccc(OC)cc3)coc2c1C. The lowest BCUT2D eigenvalue weighted by molar-refractivity contribution is -0.117. The maximum Gasteiger partial charge on any atom is 0.244 e. The zero-order valence-corrected chi connectivity index (χ0v) is 20.8. The summed E-state index contributed by atoms with van der Waals surface area (Å²) in [5.41, 5.74) is 6.43. The lowest BCUT2D eigenvalue weighted by atomic mass is 9.96. The summed E-state index contributed by atoms with van der Waals surface area (Å²) in [5, 5.41) is 4.03. The van der Waals surface area contributed by atoms with Crippen molar-refractivity contribution in [3.63, 3.8) is 0 Å². The van der Waals surface area contributed by atoms with Crippen LogP contribution in [0.2, 0.25) is 0 Å². The molecule has 0 aliphatic carbocycles. The van der Waals surface area contributed by atoms with Crippen molar-refractivity contribution in [1.82, 2.24) is 5.32 Å². The van der Waals surface area contributed by atoms with Crippen molar-refractivity contribution in [1.29, 1.82) is 0 Å². The Hall–Kier alpha value is -3.99. The number of fused-ring (bicyclic) bond motifs is 1. The Bertz CT molecular complexity index is 1350. The predicted molar refractivity (Wildman–Crippen MR) is 141 cm³/mol. The van der Waals surface area contributed by atoms with E-state index >= 15 is 0 Å². The normalized spacial score (nSPS) is 12.4. The van der Waals surface area contributed by atoms with Crippen LogP contribution in [0.25, 0.3) is 27.7 Å². The van der Waals surface area contributed by atoms with E-state index in [1.54, 1.807) is 19.4 Å². The van der Waals surface area contributed by atoms with Crippen molar-refractivity contribution >= 4 is 22.4 Å². The second-order valence-corrected chi connectivity index (χ2v) is 8.53. The van der Waals surface area contributed by atoms with Crippen LogP contribution in [-0.4, -0.2) is 19.6 Å². The average Bonchev–Trinajstić information content (AvgIpc) is 3.30. The van der Waals surface area contributed by atoms with Gasteiger partial charge in [-0.2, -0.15) is 0 Å². The highest BCUT2D eigenvalue weighted by Gasteiger charge is 2.19. The average molecular weight is 470 g/mol. The third-order valence-electron chi connectivity index (χ3n) is 6.16. The molecule has 0 fully saturated rings. The lowest BCUT2D eigenvalue weighted by Crippen LogP contribution is -2.24. The molecule has 0 aliphatic heterocycles. The first-order chi connectivity index (χ1) is 16.9. The van der Waals surface area contributed by atoms with E-state index < -0.39 is 0 Å². The highest BCUT2D eigenvalue weighted by atomic mass is 16.5. The maximum atomic E-state index is 12.9. The minimum absolute atomic E-state index is 0.0983. The van der Waals surface area contributed by atoms with Gasteiger partial charge in [-0.25, -0.2) is 0 Å². The third-order valence-corrected chi connectivity index (χ3v) is 6.16. The molecular formula is C30H31NO4. The Morgan fingerprint density at radius 2 is 1.83 bits per heavy atom. The Labute approximate surface area is 206 Å². The monoisotopic (exact) mass is 469 g/mol. The highest BCUT2D eigenvalue weighted by molar-refractivity contribution is 6.01. The first-order valence-electron chi connectivity index (χ1n) is 11.8. The molecule has 180 valence electrons. The van der Waals surface area contributed by atoms with Gasteiger partial charge in [0.05, 0.1) is 26.0 Å². The zero-order valence-electron chi connectivity index (χ0n) is 20.8. The molecule has 1 heterocycles. The second-order valence-electron chi connectivity index (χ2n) is 8.53. The quantitative estimate of drug-likeness (QED) is 0.280. The van der Waals surface area contributed by atoms with Crippen molar-refractivity contribution in [3.8, 4) is 22.6 Å². The van der Waals surface area contributed by atoms with Crippen LogP contribution in [0.4, 0.5) is 0 Å². The van der Waals surface area contributed by atoms with Gasteiger partial charge in [-0.3, -0.25) is 4.79 Å². The topological polar surface area (TPSA) is 60.7 Å². The molecule has 1 amide bonds. The van der Waals surface area contributed by atoms with Crippen molar-refractivity contribution in [2.45, 2.75) is 33.7 Å². The number of hydrogen-bond donors (Lipinski definition) is 1. The van der Waals surface area contributed by atoms with E-state index in [0.717, 1.165) is 55.9 Å². The number of ether oxygens (including phenoxy) is 2. The molecule has 0 spiro atoms. The fraction of sp³-hybridized carbons (Fsp3) is 0.233. The molecule has 0 bridgehead atoms. The number of carbonyl (C=O) groups is 1. The molecule has 5 heteroatoms.